The molecule has 0 atom stereocenters. The minimum Gasteiger partial charge on any atom is -0.339 e. The van der Waals surface area contributed by atoms with Gasteiger partial charge in [0.15, 0.2) is 5.78 Å². The van der Waals surface area contributed by atoms with Crippen LogP contribution in [-0.4, -0.2) is 10.8 Å². The molecule has 0 aliphatic rings. The van der Waals surface area contributed by atoms with Crippen molar-refractivity contribution < 1.29 is 4.79 Å². The Morgan fingerprint density at radius 1 is 1.37 bits per heavy atom. The maximum absolute atomic E-state index is 11.2. The van der Waals surface area contributed by atoms with Gasteiger partial charge in [-0.1, -0.05) is 0 Å². The lowest BCUT2D eigenvalue weighted by Crippen LogP contribution is -1.97. The lowest BCUT2D eigenvalue weighted by molar-refractivity contribution is 0.101. The zero-order chi connectivity index (χ0) is 13.8. The van der Waals surface area contributed by atoms with Crippen molar-refractivity contribution >= 4 is 33.2 Å². The molecule has 0 saturated carbocycles. The molecule has 94 valence electrons. The fourth-order valence-corrected chi connectivity index (χ4v) is 1.96. The molecule has 0 fully saturated rings. The first-order valence-corrected chi connectivity index (χ1v) is 6.33. The van der Waals surface area contributed by atoms with Gasteiger partial charge in [-0.2, -0.15) is 5.26 Å². The second-order valence-corrected chi connectivity index (χ2v) is 4.78. The normalized spacial score (nSPS) is 9.74. The van der Waals surface area contributed by atoms with E-state index in [1.54, 1.807) is 18.2 Å². The van der Waals surface area contributed by atoms with Crippen LogP contribution in [0.25, 0.3) is 0 Å². The van der Waals surface area contributed by atoms with Gasteiger partial charge in [-0.15, -0.1) is 0 Å². The fourth-order valence-electron chi connectivity index (χ4n) is 1.52. The summed E-state index contributed by atoms with van der Waals surface area (Å²) in [6.07, 6.45) is 1.50. The van der Waals surface area contributed by atoms with Crippen LogP contribution in [0, 0.1) is 11.3 Å². The number of hydrogen-bond acceptors (Lipinski definition) is 4. The Hall–Kier alpha value is -2.19. The predicted molar refractivity (Wildman–Crippen MR) is 76.4 cm³/mol. The molecule has 1 heterocycles. The van der Waals surface area contributed by atoms with Crippen LogP contribution in [0.5, 0.6) is 0 Å². The molecule has 0 aliphatic heterocycles. The summed E-state index contributed by atoms with van der Waals surface area (Å²) in [7, 11) is 0. The van der Waals surface area contributed by atoms with E-state index in [2.05, 4.69) is 26.2 Å². The summed E-state index contributed by atoms with van der Waals surface area (Å²) in [5.74, 6) is 0.652. The summed E-state index contributed by atoms with van der Waals surface area (Å²) in [6, 6.07) is 10.8. The highest BCUT2D eigenvalue weighted by Gasteiger charge is 2.04. The lowest BCUT2D eigenvalue weighted by atomic mass is 10.1. The number of benzene rings is 1. The van der Waals surface area contributed by atoms with Crippen molar-refractivity contribution in [3.63, 3.8) is 0 Å². The van der Waals surface area contributed by atoms with Gasteiger partial charge in [0, 0.05) is 17.4 Å². The first-order chi connectivity index (χ1) is 9.10. The molecule has 0 spiro atoms. The highest BCUT2D eigenvalue weighted by atomic mass is 79.9. The van der Waals surface area contributed by atoms with Crippen molar-refractivity contribution in [3.05, 3.63) is 52.1 Å². The van der Waals surface area contributed by atoms with Crippen molar-refractivity contribution in [1.29, 1.82) is 5.26 Å². The van der Waals surface area contributed by atoms with Gasteiger partial charge in [-0.05, 0) is 53.2 Å². The van der Waals surface area contributed by atoms with E-state index in [0.717, 1.165) is 5.69 Å². The van der Waals surface area contributed by atoms with Gasteiger partial charge in [0.25, 0.3) is 0 Å². The molecule has 0 radical (unpaired) electrons. The van der Waals surface area contributed by atoms with Gasteiger partial charge < -0.3 is 5.32 Å². The van der Waals surface area contributed by atoms with Crippen molar-refractivity contribution in [1.82, 2.24) is 4.98 Å². The standard InChI is InChI=1S/C14H10BrN3O/c1-9(19)11-2-4-12(5-3-11)18-14-13(15)6-10(7-16)8-17-14/h2-6,8H,1H3,(H,17,18). The monoisotopic (exact) mass is 315 g/mol. The van der Waals surface area contributed by atoms with Gasteiger partial charge in [0.1, 0.15) is 11.9 Å². The quantitative estimate of drug-likeness (QED) is 0.878. The van der Waals surface area contributed by atoms with E-state index in [1.807, 2.05) is 18.2 Å². The summed E-state index contributed by atoms with van der Waals surface area (Å²) in [6.45, 7) is 1.53. The third kappa shape index (κ3) is 3.18. The Morgan fingerprint density at radius 3 is 2.58 bits per heavy atom. The SMILES string of the molecule is CC(=O)c1ccc(Nc2ncc(C#N)cc2Br)cc1. The zero-order valence-electron chi connectivity index (χ0n) is 10.1. The number of nitrogens with one attached hydrogen (secondary N) is 1. The van der Waals surface area contributed by atoms with E-state index in [1.165, 1.54) is 13.1 Å². The largest absolute Gasteiger partial charge is 0.339 e. The molecule has 0 amide bonds. The second kappa shape index (κ2) is 5.63. The average molecular weight is 316 g/mol. The van der Waals surface area contributed by atoms with Gasteiger partial charge >= 0.3 is 0 Å². The number of ketones is 1. The van der Waals surface area contributed by atoms with Crippen molar-refractivity contribution in [3.8, 4) is 6.07 Å². The fraction of sp³-hybridized carbons (Fsp3) is 0.0714. The maximum Gasteiger partial charge on any atom is 0.159 e. The number of halogens is 1. The van der Waals surface area contributed by atoms with Crippen molar-refractivity contribution in [2.45, 2.75) is 6.92 Å². The molecule has 4 nitrogen and oxygen atoms in total. The molecule has 1 N–H and O–H groups in total. The number of anilines is 2. The Labute approximate surface area is 119 Å². The number of nitriles is 1. The van der Waals surface area contributed by atoms with Crippen LogP contribution in [0.1, 0.15) is 22.8 Å². The van der Waals surface area contributed by atoms with Crippen LogP contribution in [0.2, 0.25) is 0 Å². The molecular formula is C14H10BrN3O. The molecule has 19 heavy (non-hydrogen) atoms. The third-order valence-electron chi connectivity index (χ3n) is 2.52. The van der Waals surface area contributed by atoms with Gasteiger partial charge in [0.05, 0.1) is 10.0 Å². The van der Waals surface area contributed by atoms with E-state index in [0.29, 0.717) is 21.4 Å². The highest BCUT2D eigenvalue weighted by Crippen LogP contribution is 2.24. The van der Waals surface area contributed by atoms with Crippen LogP contribution in [0.3, 0.4) is 0 Å². The Bertz CT molecular complexity index is 659. The minimum absolute atomic E-state index is 0.0317. The number of rotatable bonds is 3. The molecule has 5 heteroatoms. The van der Waals surface area contributed by atoms with Gasteiger partial charge in [0.2, 0.25) is 0 Å². The molecule has 0 unspecified atom stereocenters. The number of Topliss-reactive ketones (excluding diaryl/α,β-unsaturated/α-hetero) is 1. The molecule has 0 saturated heterocycles. The number of nitrogens with zero attached hydrogens (tertiary/aromatic N) is 2. The first kappa shape index (κ1) is 13.2. The number of pyridine rings is 1. The lowest BCUT2D eigenvalue weighted by Gasteiger charge is -2.08. The highest BCUT2D eigenvalue weighted by molar-refractivity contribution is 9.10. The van der Waals surface area contributed by atoms with Gasteiger partial charge in [-0.3, -0.25) is 4.79 Å². The van der Waals surface area contributed by atoms with Crippen LogP contribution in [0.4, 0.5) is 11.5 Å². The van der Waals surface area contributed by atoms with E-state index in [4.69, 9.17) is 5.26 Å². The Morgan fingerprint density at radius 2 is 2.05 bits per heavy atom. The number of hydrogen-bond donors (Lipinski definition) is 1. The van der Waals surface area contributed by atoms with E-state index >= 15 is 0 Å². The zero-order valence-corrected chi connectivity index (χ0v) is 11.7. The topological polar surface area (TPSA) is 65.8 Å². The summed E-state index contributed by atoms with van der Waals surface area (Å²) in [5.41, 5.74) is 1.98. The summed E-state index contributed by atoms with van der Waals surface area (Å²) >= 11 is 3.35. The van der Waals surface area contributed by atoms with Crippen LogP contribution in [0.15, 0.2) is 41.0 Å². The van der Waals surface area contributed by atoms with Crippen molar-refractivity contribution in [2.75, 3.05) is 5.32 Å². The van der Waals surface area contributed by atoms with Crippen LogP contribution >= 0.6 is 15.9 Å². The predicted octanol–water partition coefficient (Wildman–Crippen LogP) is 3.66. The minimum atomic E-state index is 0.0317. The third-order valence-corrected chi connectivity index (χ3v) is 3.13. The van der Waals surface area contributed by atoms with E-state index in [9.17, 15) is 4.79 Å². The van der Waals surface area contributed by atoms with Crippen LogP contribution < -0.4 is 5.32 Å². The summed E-state index contributed by atoms with van der Waals surface area (Å²) < 4.78 is 0.710. The first-order valence-electron chi connectivity index (χ1n) is 5.54. The molecule has 2 rings (SSSR count). The number of carbonyl (C=O) groups excluding carboxylic acids is 1. The maximum atomic E-state index is 11.2. The Kier molecular flexibility index (Phi) is 3.93. The van der Waals surface area contributed by atoms with E-state index < -0.39 is 0 Å². The van der Waals surface area contributed by atoms with Gasteiger partial charge in [-0.25, -0.2) is 4.98 Å². The molecule has 1 aromatic carbocycles. The summed E-state index contributed by atoms with van der Waals surface area (Å²) in [5, 5.41) is 11.9. The summed E-state index contributed by atoms with van der Waals surface area (Å²) in [4.78, 5) is 15.3. The smallest absolute Gasteiger partial charge is 0.159 e. The van der Waals surface area contributed by atoms with E-state index in [-0.39, 0.29) is 5.78 Å². The van der Waals surface area contributed by atoms with Crippen LogP contribution in [-0.2, 0) is 0 Å². The average Bonchev–Trinajstić information content (AvgIpc) is 2.41. The molecule has 0 bridgehead atoms. The molecule has 0 aliphatic carbocycles. The second-order valence-electron chi connectivity index (χ2n) is 3.92. The molecule has 1 aromatic heterocycles. The molecular weight excluding hydrogens is 306 g/mol. The number of aromatic nitrogens is 1. The number of carbonyl (C=O) groups is 1. The Balaban J connectivity index is 2.22. The van der Waals surface area contributed by atoms with Crippen molar-refractivity contribution in [2.24, 2.45) is 0 Å². The molecule has 2 aromatic rings.